The maximum atomic E-state index is 10.9. The predicted octanol–water partition coefficient (Wildman–Crippen LogP) is 2.02. The Morgan fingerprint density at radius 3 is 1.27 bits per heavy atom. The summed E-state index contributed by atoms with van der Waals surface area (Å²) in [6, 6.07) is 14.8. The summed E-state index contributed by atoms with van der Waals surface area (Å²) in [6.45, 7) is 0. The van der Waals surface area contributed by atoms with Crippen molar-refractivity contribution in [1.82, 2.24) is 0 Å². The molecular formula is C14H12O7S. The van der Waals surface area contributed by atoms with Gasteiger partial charge in [-0.1, -0.05) is 42.5 Å². The number of aromatic carboxylic acids is 2. The van der Waals surface area contributed by atoms with Gasteiger partial charge in [-0.25, -0.2) is 9.59 Å². The molecule has 0 heterocycles. The van der Waals surface area contributed by atoms with Crippen molar-refractivity contribution in [3.05, 3.63) is 65.7 Å². The van der Waals surface area contributed by atoms with Gasteiger partial charge < -0.3 is 10.2 Å². The summed E-state index contributed by atoms with van der Waals surface area (Å²) < 4.78 is 30.6. The van der Waals surface area contributed by atoms with E-state index < -0.39 is 38.1 Å². The molecule has 0 atom stereocenters. The molecule has 0 saturated heterocycles. The second-order valence-electron chi connectivity index (χ2n) is 3.92. The van der Waals surface area contributed by atoms with Gasteiger partial charge in [0.15, 0.2) is 0 Å². The number of carboxylic acid groups (broad SMARTS) is 2. The van der Waals surface area contributed by atoms with Crippen molar-refractivity contribution in [1.29, 1.82) is 0 Å². The molecule has 2 aromatic carbocycles. The summed E-state index contributed by atoms with van der Waals surface area (Å²) in [6.07, 6.45) is 0. The highest BCUT2D eigenvalue weighted by Crippen LogP contribution is 2.20. The molecule has 0 unspecified atom stereocenters. The first-order chi connectivity index (χ1) is 10.2. The monoisotopic (exact) mass is 324 g/mol. The Hall–Kier alpha value is -2.71. The second-order valence-corrected chi connectivity index (χ2v) is 5.28. The van der Waals surface area contributed by atoms with Gasteiger partial charge in [0.25, 0.3) is 10.1 Å². The molecule has 0 spiro atoms. The number of carboxylic acids is 2. The van der Waals surface area contributed by atoms with Gasteiger partial charge in [-0.2, -0.15) is 8.42 Å². The highest BCUT2D eigenvalue weighted by atomic mass is 32.2. The van der Waals surface area contributed by atoms with Crippen LogP contribution >= 0.6 is 0 Å². The fourth-order valence-electron chi connectivity index (χ4n) is 1.54. The molecular weight excluding hydrogens is 312 g/mol. The van der Waals surface area contributed by atoms with E-state index in [2.05, 4.69) is 0 Å². The van der Waals surface area contributed by atoms with E-state index >= 15 is 0 Å². The average Bonchev–Trinajstić information content (AvgIpc) is 2.48. The van der Waals surface area contributed by atoms with Gasteiger partial charge in [0.1, 0.15) is 4.90 Å². The quantitative estimate of drug-likeness (QED) is 0.736. The fourth-order valence-corrected chi connectivity index (χ4v) is 2.40. The van der Waals surface area contributed by atoms with Crippen molar-refractivity contribution in [2.24, 2.45) is 0 Å². The molecule has 0 aliphatic heterocycles. The van der Waals surface area contributed by atoms with Crippen molar-refractivity contribution in [3.63, 3.8) is 0 Å². The third kappa shape index (κ3) is 4.69. The van der Waals surface area contributed by atoms with E-state index in [1.54, 1.807) is 0 Å². The zero-order chi connectivity index (χ0) is 16.8. The minimum absolute atomic E-state index is 0.789. The Morgan fingerprint density at radius 1 is 0.727 bits per heavy atom. The summed E-state index contributed by atoms with van der Waals surface area (Å²) in [5.74, 6) is -3.29. The number of benzene rings is 2. The summed E-state index contributed by atoms with van der Waals surface area (Å²) in [4.78, 5) is 20.2. The van der Waals surface area contributed by atoms with E-state index in [1.807, 2.05) is 36.4 Å². The molecule has 0 aliphatic carbocycles. The normalized spacial score (nSPS) is 10.2. The number of carbonyl (C=O) groups is 2. The van der Waals surface area contributed by atoms with E-state index in [1.165, 1.54) is 0 Å². The summed E-state index contributed by atoms with van der Waals surface area (Å²) in [5.41, 5.74) is -1.58. The summed E-state index contributed by atoms with van der Waals surface area (Å²) >= 11 is 0. The van der Waals surface area contributed by atoms with Crippen LogP contribution in [0.15, 0.2) is 59.5 Å². The predicted molar refractivity (Wildman–Crippen MR) is 76.6 cm³/mol. The zero-order valence-corrected chi connectivity index (χ0v) is 11.9. The fraction of sp³-hybridized carbons (Fsp3) is 0. The number of hydrogen-bond acceptors (Lipinski definition) is 4. The zero-order valence-electron chi connectivity index (χ0n) is 11.1. The Balaban J connectivity index is 0.000000335. The Morgan fingerprint density at radius 2 is 1.05 bits per heavy atom. The second kappa shape index (κ2) is 7.34. The molecule has 0 bridgehead atoms. The van der Waals surface area contributed by atoms with Crippen LogP contribution in [0, 0.1) is 0 Å². The lowest BCUT2D eigenvalue weighted by atomic mass is 10.1. The van der Waals surface area contributed by atoms with Crippen LogP contribution in [0.25, 0.3) is 0 Å². The average molecular weight is 324 g/mol. The molecule has 2 rings (SSSR count). The van der Waals surface area contributed by atoms with Crippen LogP contribution in [0.1, 0.15) is 20.7 Å². The first-order valence-corrected chi connectivity index (χ1v) is 7.26. The first kappa shape index (κ1) is 17.3. The lowest BCUT2D eigenvalue weighted by Gasteiger charge is -2.05. The lowest BCUT2D eigenvalue weighted by Crippen LogP contribution is -2.14. The molecule has 0 amide bonds. The van der Waals surface area contributed by atoms with Gasteiger partial charge in [-0.15, -0.1) is 0 Å². The molecule has 0 radical (unpaired) electrons. The molecule has 116 valence electrons. The molecule has 3 N–H and O–H groups in total. The number of hydrogen-bond donors (Lipinski definition) is 3. The molecule has 22 heavy (non-hydrogen) atoms. The van der Waals surface area contributed by atoms with E-state index in [-0.39, 0.29) is 0 Å². The largest absolute Gasteiger partial charge is 0.478 e. The van der Waals surface area contributed by atoms with E-state index in [0.717, 1.165) is 18.2 Å². The topological polar surface area (TPSA) is 129 Å². The van der Waals surface area contributed by atoms with Crippen LogP contribution in [0.3, 0.4) is 0 Å². The van der Waals surface area contributed by atoms with Gasteiger partial charge in [-0.3, -0.25) is 4.55 Å². The van der Waals surface area contributed by atoms with Crippen molar-refractivity contribution in [2.75, 3.05) is 0 Å². The molecule has 7 nitrogen and oxygen atoms in total. The van der Waals surface area contributed by atoms with Crippen LogP contribution in [0.5, 0.6) is 0 Å². The summed E-state index contributed by atoms with van der Waals surface area (Å²) in [5, 5.41) is 17.3. The van der Waals surface area contributed by atoms with Gasteiger partial charge in [0.05, 0.1) is 11.1 Å². The van der Waals surface area contributed by atoms with Crippen LogP contribution in [-0.2, 0) is 10.1 Å². The SMILES string of the molecule is O=C(O)c1cccc(C(=O)O)c1S(=O)(=O)O.c1ccccc1. The van der Waals surface area contributed by atoms with E-state index in [9.17, 15) is 18.0 Å². The molecule has 8 heteroatoms. The minimum Gasteiger partial charge on any atom is -0.478 e. The van der Waals surface area contributed by atoms with Crippen LogP contribution in [0.2, 0.25) is 0 Å². The highest BCUT2D eigenvalue weighted by molar-refractivity contribution is 7.86. The van der Waals surface area contributed by atoms with E-state index in [0.29, 0.717) is 0 Å². The summed E-state index contributed by atoms with van der Waals surface area (Å²) in [7, 11) is -4.92. The molecule has 0 fully saturated rings. The third-order valence-corrected chi connectivity index (χ3v) is 3.36. The van der Waals surface area contributed by atoms with E-state index in [4.69, 9.17) is 14.8 Å². The Kier molecular flexibility index (Phi) is 5.79. The Labute approximate surface area is 126 Å². The van der Waals surface area contributed by atoms with Gasteiger partial charge in [0.2, 0.25) is 0 Å². The minimum atomic E-state index is -4.92. The standard InChI is InChI=1S/C8H6O7S.C6H6/c9-7(10)4-2-1-3-5(8(11)12)6(4)16(13,14)15;1-2-4-6-5-3-1/h1-3H,(H,9,10)(H,11,12)(H,13,14,15);1-6H. The van der Waals surface area contributed by atoms with Crippen molar-refractivity contribution in [3.8, 4) is 0 Å². The molecule has 0 saturated carbocycles. The van der Waals surface area contributed by atoms with Crippen LogP contribution in [0.4, 0.5) is 0 Å². The first-order valence-electron chi connectivity index (χ1n) is 5.82. The highest BCUT2D eigenvalue weighted by Gasteiger charge is 2.26. The maximum Gasteiger partial charge on any atom is 0.337 e. The van der Waals surface area contributed by atoms with Gasteiger partial charge >= 0.3 is 11.9 Å². The molecule has 0 aromatic heterocycles. The van der Waals surface area contributed by atoms with Gasteiger partial charge in [0, 0.05) is 0 Å². The Bertz CT molecular complexity index is 708. The van der Waals surface area contributed by atoms with Gasteiger partial charge in [-0.05, 0) is 12.1 Å². The van der Waals surface area contributed by atoms with Crippen molar-refractivity contribution < 1.29 is 32.8 Å². The van der Waals surface area contributed by atoms with Crippen LogP contribution < -0.4 is 0 Å². The van der Waals surface area contributed by atoms with Crippen molar-refractivity contribution >= 4 is 22.1 Å². The lowest BCUT2D eigenvalue weighted by molar-refractivity contribution is 0.0688. The number of rotatable bonds is 3. The molecule has 2 aromatic rings. The van der Waals surface area contributed by atoms with Crippen LogP contribution in [-0.4, -0.2) is 35.1 Å². The smallest absolute Gasteiger partial charge is 0.337 e. The maximum absolute atomic E-state index is 10.9. The molecule has 0 aliphatic rings. The van der Waals surface area contributed by atoms with Crippen molar-refractivity contribution in [2.45, 2.75) is 4.90 Å². The third-order valence-electron chi connectivity index (χ3n) is 2.40.